The first-order valence-corrected chi connectivity index (χ1v) is 4.03. The fraction of sp³-hybridized carbons (Fsp3) is 0.143. The number of rotatable bonds is 2. The van der Waals surface area contributed by atoms with E-state index in [0.717, 1.165) is 10.4 Å². The quantitative estimate of drug-likeness (QED) is 0.361. The van der Waals surface area contributed by atoms with Crippen LogP contribution < -0.4 is 16.1 Å². The van der Waals surface area contributed by atoms with Crippen LogP contribution in [0.2, 0.25) is 0 Å². The first-order chi connectivity index (χ1) is 5.27. The van der Waals surface area contributed by atoms with Crippen molar-refractivity contribution in [2.75, 3.05) is 0 Å². The molecule has 0 aromatic carbocycles. The lowest BCUT2D eigenvalue weighted by molar-refractivity contribution is 1.11. The van der Waals surface area contributed by atoms with E-state index in [0.29, 0.717) is 12.4 Å². The van der Waals surface area contributed by atoms with Crippen molar-refractivity contribution in [2.24, 2.45) is 11.5 Å². The summed E-state index contributed by atoms with van der Waals surface area (Å²) in [5.74, 6) is 0.459. The molecule has 0 fully saturated rings. The number of hydrogen-bond donors (Lipinski definition) is 2. The Balaban J connectivity index is 2.98. The highest BCUT2D eigenvalue weighted by atomic mass is 32.1. The summed E-state index contributed by atoms with van der Waals surface area (Å²) in [5, 5.41) is 1.92. The molecule has 0 amide bonds. The number of nitrogens with two attached hydrogens (primary N) is 2. The summed E-state index contributed by atoms with van der Waals surface area (Å²) in [6.45, 7) is 3.88. The number of amidine groups is 1. The van der Waals surface area contributed by atoms with Crippen LogP contribution in [-0.2, 0) is 6.54 Å². The van der Waals surface area contributed by atoms with Crippen LogP contribution >= 0.6 is 11.3 Å². The van der Waals surface area contributed by atoms with Gasteiger partial charge in [0.25, 0.3) is 0 Å². The normalized spacial score (nSPS) is 9.18. The van der Waals surface area contributed by atoms with Crippen molar-refractivity contribution >= 4 is 23.9 Å². The molecule has 0 aliphatic carbocycles. The van der Waals surface area contributed by atoms with Gasteiger partial charge in [0.1, 0.15) is 0 Å². The Morgan fingerprint density at radius 2 is 2.45 bits per heavy atom. The van der Waals surface area contributed by atoms with Crippen molar-refractivity contribution in [3.8, 4) is 0 Å². The summed E-state index contributed by atoms with van der Waals surface area (Å²) in [5.41, 5.74) is 11.8. The Morgan fingerprint density at radius 3 is 2.91 bits per heavy atom. The van der Waals surface area contributed by atoms with Crippen LogP contribution in [0, 0.1) is 0 Å². The molecule has 4 N–H and O–H groups in total. The van der Waals surface area contributed by atoms with Gasteiger partial charge in [0.2, 0.25) is 0 Å². The Labute approximate surface area is 69.1 Å². The predicted molar refractivity (Wildman–Crippen MR) is 49.8 cm³/mol. The zero-order valence-corrected chi connectivity index (χ0v) is 6.90. The second kappa shape index (κ2) is 3.34. The largest absolute Gasteiger partial charge is 0.372 e. The summed E-state index contributed by atoms with van der Waals surface area (Å²) in [6, 6.07) is 1.93. The lowest BCUT2D eigenvalue weighted by Gasteiger charge is -1.82. The van der Waals surface area contributed by atoms with Gasteiger partial charge in [-0.1, -0.05) is 0 Å². The average Bonchev–Trinajstić information content (AvgIpc) is 2.50. The van der Waals surface area contributed by atoms with Gasteiger partial charge in [-0.05, 0) is 6.07 Å². The zero-order chi connectivity index (χ0) is 8.27. The number of nitrogens with zero attached hydrogens (tertiary/aromatic N) is 1. The van der Waals surface area contributed by atoms with Crippen LogP contribution in [0.4, 0.5) is 0 Å². The maximum Gasteiger partial charge on any atom is 0.372 e. The SMILES string of the molecule is C=[N+]=C(N)c1csc(CN)c1. The van der Waals surface area contributed by atoms with Gasteiger partial charge in [-0.15, -0.1) is 11.3 Å². The molecule has 0 radical (unpaired) electrons. The minimum absolute atomic E-state index is 0.459. The molecule has 3 nitrogen and oxygen atoms in total. The third kappa shape index (κ3) is 1.68. The molecule has 1 aromatic rings. The van der Waals surface area contributed by atoms with Crippen molar-refractivity contribution in [3.05, 3.63) is 21.9 Å². The van der Waals surface area contributed by atoms with E-state index in [-0.39, 0.29) is 0 Å². The minimum Gasteiger partial charge on any atom is -0.326 e. The zero-order valence-electron chi connectivity index (χ0n) is 6.08. The molecule has 0 aliphatic rings. The van der Waals surface area contributed by atoms with Gasteiger partial charge in [-0.25, -0.2) is 4.67 Å². The first kappa shape index (κ1) is 8.01. The molecule has 11 heavy (non-hydrogen) atoms. The fourth-order valence-electron chi connectivity index (χ4n) is 0.713. The van der Waals surface area contributed by atoms with Crippen LogP contribution in [0.3, 0.4) is 0 Å². The highest BCUT2D eigenvalue weighted by Gasteiger charge is 2.07. The Bertz CT molecular complexity index is 296. The predicted octanol–water partition coefficient (Wildman–Crippen LogP) is -0.320. The standard InChI is InChI=1S/C7H9N3S/c1-10-7(9)5-2-6(3-8)11-4-5/h2,4,9H,1,3,8H2/p+1. The van der Waals surface area contributed by atoms with E-state index in [1.165, 1.54) is 0 Å². The molecule has 0 unspecified atom stereocenters. The maximum absolute atomic E-state index is 5.52. The third-order valence-electron chi connectivity index (χ3n) is 1.32. The molecule has 0 saturated carbocycles. The van der Waals surface area contributed by atoms with E-state index in [9.17, 15) is 0 Å². The molecule has 1 rings (SSSR count). The van der Waals surface area contributed by atoms with Crippen LogP contribution in [0.1, 0.15) is 10.4 Å². The summed E-state index contributed by atoms with van der Waals surface area (Å²) >= 11 is 1.58. The molecule has 0 spiro atoms. The van der Waals surface area contributed by atoms with E-state index in [4.69, 9.17) is 11.5 Å². The lowest BCUT2D eigenvalue weighted by Crippen LogP contribution is -2.14. The second-order valence-electron chi connectivity index (χ2n) is 2.05. The Hall–Kier alpha value is -1.09. The van der Waals surface area contributed by atoms with Crippen molar-refractivity contribution < 1.29 is 0 Å². The summed E-state index contributed by atoms with van der Waals surface area (Å²) in [6.07, 6.45) is 0. The number of thiophene rings is 1. The summed E-state index contributed by atoms with van der Waals surface area (Å²) in [4.78, 5) is 1.10. The molecular formula is C7H10N3S+. The van der Waals surface area contributed by atoms with Crippen molar-refractivity contribution in [3.63, 3.8) is 0 Å². The van der Waals surface area contributed by atoms with E-state index in [1.807, 2.05) is 11.4 Å². The monoisotopic (exact) mass is 168 g/mol. The molecular weight excluding hydrogens is 158 g/mol. The topological polar surface area (TPSA) is 66.1 Å². The summed E-state index contributed by atoms with van der Waals surface area (Å²) in [7, 11) is 0. The summed E-state index contributed by atoms with van der Waals surface area (Å²) < 4.78 is 3.62. The second-order valence-corrected chi connectivity index (χ2v) is 3.04. The average molecular weight is 168 g/mol. The first-order valence-electron chi connectivity index (χ1n) is 3.15. The van der Waals surface area contributed by atoms with E-state index in [1.54, 1.807) is 11.3 Å². The van der Waals surface area contributed by atoms with E-state index < -0.39 is 0 Å². The highest BCUT2D eigenvalue weighted by Crippen LogP contribution is 2.12. The van der Waals surface area contributed by atoms with Crippen molar-refractivity contribution in [1.29, 1.82) is 0 Å². The van der Waals surface area contributed by atoms with Gasteiger partial charge in [0.15, 0.2) is 6.72 Å². The minimum atomic E-state index is 0.459. The van der Waals surface area contributed by atoms with Gasteiger partial charge < -0.3 is 5.73 Å². The van der Waals surface area contributed by atoms with Gasteiger partial charge in [-0.2, -0.15) is 0 Å². The highest BCUT2D eigenvalue weighted by molar-refractivity contribution is 7.10. The van der Waals surface area contributed by atoms with Gasteiger partial charge in [-0.3, -0.25) is 5.73 Å². The number of hydrogen-bond acceptors (Lipinski definition) is 2. The maximum atomic E-state index is 5.52. The molecule has 0 bridgehead atoms. The fourth-order valence-corrected chi connectivity index (χ4v) is 1.47. The molecule has 0 atom stereocenters. The van der Waals surface area contributed by atoms with Crippen LogP contribution in [0.5, 0.6) is 0 Å². The molecule has 0 saturated heterocycles. The van der Waals surface area contributed by atoms with E-state index in [2.05, 4.69) is 11.4 Å². The Morgan fingerprint density at radius 1 is 1.73 bits per heavy atom. The van der Waals surface area contributed by atoms with Crippen molar-refractivity contribution in [1.82, 2.24) is 4.67 Å². The smallest absolute Gasteiger partial charge is 0.326 e. The lowest BCUT2D eigenvalue weighted by atomic mass is 10.3. The molecule has 58 valence electrons. The molecule has 1 aromatic heterocycles. The molecule has 1 heterocycles. The van der Waals surface area contributed by atoms with Crippen LogP contribution in [-0.4, -0.2) is 12.6 Å². The van der Waals surface area contributed by atoms with Gasteiger partial charge in [0, 0.05) is 16.8 Å². The van der Waals surface area contributed by atoms with Crippen LogP contribution in [0.25, 0.3) is 0 Å². The van der Waals surface area contributed by atoms with Gasteiger partial charge in [0.05, 0.1) is 5.56 Å². The van der Waals surface area contributed by atoms with Gasteiger partial charge >= 0.3 is 5.84 Å². The molecule has 4 heteroatoms. The molecule has 0 aliphatic heterocycles. The van der Waals surface area contributed by atoms with Crippen molar-refractivity contribution in [2.45, 2.75) is 6.54 Å². The Kier molecular flexibility index (Phi) is 2.44. The van der Waals surface area contributed by atoms with E-state index >= 15 is 0 Å². The van der Waals surface area contributed by atoms with Crippen LogP contribution in [0.15, 0.2) is 11.4 Å². The third-order valence-corrected chi connectivity index (χ3v) is 2.28.